The van der Waals surface area contributed by atoms with Crippen LogP contribution in [0.15, 0.2) is 60.7 Å². The first-order chi connectivity index (χ1) is 9.66. The molecule has 3 nitrogen and oxygen atoms in total. The zero-order valence-electron chi connectivity index (χ0n) is 11.7. The van der Waals surface area contributed by atoms with E-state index < -0.39 is 11.7 Å². The summed E-state index contributed by atoms with van der Waals surface area (Å²) in [5.74, 6) is 0.742. The fourth-order valence-electron chi connectivity index (χ4n) is 2.33. The SMILES string of the molecule is CC(Oc1ccccc1)C(O)(CCN)c1ccccc1. The highest BCUT2D eigenvalue weighted by Crippen LogP contribution is 2.31. The summed E-state index contributed by atoms with van der Waals surface area (Å²) in [5.41, 5.74) is 5.40. The fourth-order valence-corrected chi connectivity index (χ4v) is 2.33. The van der Waals surface area contributed by atoms with Gasteiger partial charge in [-0.05, 0) is 37.6 Å². The molecule has 20 heavy (non-hydrogen) atoms. The zero-order valence-corrected chi connectivity index (χ0v) is 11.7. The molecular formula is C17H21NO2. The molecule has 0 aliphatic rings. The predicted molar refractivity (Wildman–Crippen MR) is 80.5 cm³/mol. The van der Waals surface area contributed by atoms with E-state index in [9.17, 15) is 5.11 Å². The van der Waals surface area contributed by atoms with Crippen LogP contribution < -0.4 is 10.5 Å². The molecule has 0 bridgehead atoms. The van der Waals surface area contributed by atoms with Crippen molar-refractivity contribution in [2.45, 2.75) is 25.0 Å². The van der Waals surface area contributed by atoms with Crippen LogP contribution in [0.3, 0.4) is 0 Å². The van der Waals surface area contributed by atoms with E-state index in [4.69, 9.17) is 10.5 Å². The summed E-state index contributed by atoms with van der Waals surface area (Å²) in [5, 5.41) is 11.0. The lowest BCUT2D eigenvalue weighted by Gasteiger charge is -2.34. The Morgan fingerprint density at radius 1 is 1.05 bits per heavy atom. The van der Waals surface area contributed by atoms with E-state index in [1.807, 2.05) is 67.6 Å². The minimum atomic E-state index is -1.09. The van der Waals surface area contributed by atoms with E-state index in [1.54, 1.807) is 0 Å². The summed E-state index contributed by atoms with van der Waals surface area (Å²) in [7, 11) is 0. The van der Waals surface area contributed by atoms with E-state index >= 15 is 0 Å². The normalized spacial score (nSPS) is 15.3. The number of rotatable bonds is 6. The third kappa shape index (κ3) is 3.18. The summed E-state index contributed by atoms with van der Waals surface area (Å²) in [4.78, 5) is 0. The van der Waals surface area contributed by atoms with Crippen molar-refractivity contribution < 1.29 is 9.84 Å². The van der Waals surface area contributed by atoms with Gasteiger partial charge in [-0.1, -0.05) is 48.5 Å². The van der Waals surface area contributed by atoms with Crippen LogP contribution in [0.25, 0.3) is 0 Å². The molecule has 2 unspecified atom stereocenters. The molecule has 0 aromatic heterocycles. The van der Waals surface area contributed by atoms with Crippen LogP contribution in [-0.4, -0.2) is 17.8 Å². The maximum Gasteiger partial charge on any atom is 0.129 e. The second-order valence-corrected chi connectivity index (χ2v) is 4.90. The van der Waals surface area contributed by atoms with Crippen molar-refractivity contribution in [1.29, 1.82) is 0 Å². The summed E-state index contributed by atoms with van der Waals surface area (Å²) >= 11 is 0. The highest BCUT2D eigenvalue weighted by Gasteiger charge is 2.36. The average Bonchev–Trinajstić information content (AvgIpc) is 2.49. The van der Waals surface area contributed by atoms with Crippen molar-refractivity contribution in [3.8, 4) is 5.75 Å². The Morgan fingerprint density at radius 2 is 1.60 bits per heavy atom. The molecule has 0 saturated heterocycles. The van der Waals surface area contributed by atoms with Gasteiger partial charge in [-0.25, -0.2) is 0 Å². The quantitative estimate of drug-likeness (QED) is 0.849. The minimum absolute atomic E-state index is 0.393. The van der Waals surface area contributed by atoms with Gasteiger partial charge in [-0.3, -0.25) is 0 Å². The van der Waals surface area contributed by atoms with Crippen molar-refractivity contribution >= 4 is 0 Å². The van der Waals surface area contributed by atoms with E-state index in [-0.39, 0.29) is 0 Å². The third-order valence-corrected chi connectivity index (χ3v) is 3.53. The molecule has 2 atom stereocenters. The van der Waals surface area contributed by atoms with Gasteiger partial charge in [0.1, 0.15) is 17.5 Å². The van der Waals surface area contributed by atoms with Gasteiger partial charge in [0, 0.05) is 0 Å². The van der Waals surface area contributed by atoms with Crippen LogP contribution in [-0.2, 0) is 5.60 Å². The first-order valence-corrected chi connectivity index (χ1v) is 6.86. The number of nitrogens with two attached hydrogens (primary N) is 1. The molecule has 0 amide bonds. The molecular weight excluding hydrogens is 250 g/mol. The Morgan fingerprint density at radius 3 is 2.15 bits per heavy atom. The summed E-state index contributed by atoms with van der Waals surface area (Å²) in [6.45, 7) is 2.27. The number of aliphatic hydroxyl groups is 1. The number of benzene rings is 2. The molecule has 106 valence electrons. The lowest BCUT2D eigenvalue weighted by Crippen LogP contribution is -2.43. The summed E-state index contributed by atoms with van der Waals surface area (Å²) < 4.78 is 5.88. The summed E-state index contributed by atoms with van der Waals surface area (Å²) in [6.07, 6.45) is 0.0567. The molecule has 0 aliphatic carbocycles. The zero-order chi connectivity index (χ0) is 14.4. The second kappa shape index (κ2) is 6.55. The first-order valence-electron chi connectivity index (χ1n) is 6.86. The summed E-state index contributed by atoms with van der Waals surface area (Å²) in [6, 6.07) is 19.1. The number of para-hydroxylation sites is 1. The Balaban J connectivity index is 2.23. The van der Waals surface area contributed by atoms with Crippen LogP contribution in [0.4, 0.5) is 0 Å². The molecule has 3 heteroatoms. The third-order valence-electron chi connectivity index (χ3n) is 3.53. The first kappa shape index (κ1) is 14.6. The van der Waals surface area contributed by atoms with Crippen LogP contribution in [0, 0.1) is 0 Å². The highest BCUT2D eigenvalue weighted by atomic mass is 16.5. The molecule has 2 aromatic rings. The lowest BCUT2D eigenvalue weighted by molar-refractivity contribution is -0.0635. The molecule has 0 radical (unpaired) electrons. The van der Waals surface area contributed by atoms with Crippen LogP contribution in [0.2, 0.25) is 0 Å². The van der Waals surface area contributed by atoms with Gasteiger partial charge in [0.25, 0.3) is 0 Å². The molecule has 2 aromatic carbocycles. The van der Waals surface area contributed by atoms with Crippen LogP contribution in [0.1, 0.15) is 18.9 Å². The maximum atomic E-state index is 11.0. The second-order valence-electron chi connectivity index (χ2n) is 4.90. The predicted octanol–water partition coefficient (Wildman–Crippen LogP) is 2.69. The van der Waals surface area contributed by atoms with Gasteiger partial charge in [0.15, 0.2) is 0 Å². The Bertz CT molecular complexity index is 515. The van der Waals surface area contributed by atoms with Crippen molar-refractivity contribution in [3.63, 3.8) is 0 Å². The van der Waals surface area contributed by atoms with Crippen LogP contribution >= 0.6 is 0 Å². The fraction of sp³-hybridized carbons (Fsp3) is 0.294. The molecule has 0 fully saturated rings. The lowest BCUT2D eigenvalue weighted by atomic mass is 9.85. The highest BCUT2D eigenvalue weighted by molar-refractivity contribution is 5.26. The molecule has 0 saturated carbocycles. The molecule has 0 aliphatic heterocycles. The van der Waals surface area contributed by atoms with Crippen LogP contribution in [0.5, 0.6) is 5.75 Å². The molecule has 0 heterocycles. The number of ether oxygens (including phenoxy) is 1. The average molecular weight is 271 g/mol. The van der Waals surface area contributed by atoms with Crippen molar-refractivity contribution in [2.75, 3.05) is 6.54 Å². The Hall–Kier alpha value is -1.84. The van der Waals surface area contributed by atoms with Crippen molar-refractivity contribution in [2.24, 2.45) is 5.73 Å². The van der Waals surface area contributed by atoms with Gasteiger partial charge < -0.3 is 15.6 Å². The van der Waals surface area contributed by atoms with Gasteiger partial charge in [0.2, 0.25) is 0 Å². The minimum Gasteiger partial charge on any atom is -0.487 e. The van der Waals surface area contributed by atoms with E-state index in [1.165, 1.54) is 0 Å². The Kier molecular flexibility index (Phi) is 4.77. The van der Waals surface area contributed by atoms with Crippen molar-refractivity contribution in [1.82, 2.24) is 0 Å². The number of hydrogen-bond donors (Lipinski definition) is 2. The van der Waals surface area contributed by atoms with E-state index in [0.29, 0.717) is 13.0 Å². The van der Waals surface area contributed by atoms with E-state index in [0.717, 1.165) is 11.3 Å². The molecule has 3 N–H and O–H groups in total. The van der Waals surface area contributed by atoms with Crippen molar-refractivity contribution in [3.05, 3.63) is 66.2 Å². The van der Waals surface area contributed by atoms with E-state index in [2.05, 4.69) is 0 Å². The molecule has 2 rings (SSSR count). The van der Waals surface area contributed by atoms with Gasteiger partial charge in [-0.15, -0.1) is 0 Å². The van der Waals surface area contributed by atoms with Gasteiger partial charge in [-0.2, -0.15) is 0 Å². The number of hydrogen-bond acceptors (Lipinski definition) is 3. The topological polar surface area (TPSA) is 55.5 Å². The molecule has 0 spiro atoms. The Labute approximate surface area is 120 Å². The smallest absolute Gasteiger partial charge is 0.129 e. The largest absolute Gasteiger partial charge is 0.487 e. The van der Waals surface area contributed by atoms with Gasteiger partial charge >= 0.3 is 0 Å². The standard InChI is InChI=1S/C17H21NO2/c1-14(20-16-10-6-3-7-11-16)17(19,12-13-18)15-8-4-2-5-9-15/h2-11,14,19H,12-13,18H2,1H3. The van der Waals surface area contributed by atoms with Gasteiger partial charge in [0.05, 0.1) is 0 Å². The maximum absolute atomic E-state index is 11.0. The monoisotopic (exact) mass is 271 g/mol.